The molecule has 0 fully saturated rings. The fourth-order valence-electron chi connectivity index (χ4n) is 2.19. The number of aliphatic imine (C=N–C) groups is 2. The molecule has 6 nitrogen and oxygen atoms in total. The Bertz CT molecular complexity index is 711. The molecule has 0 aliphatic carbocycles. The summed E-state index contributed by atoms with van der Waals surface area (Å²) in [5, 5.41) is 5.36. The molecule has 2 rings (SSSR count). The summed E-state index contributed by atoms with van der Waals surface area (Å²) in [5.41, 5.74) is 3.64. The molecule has 0 spiro atoms. The zero-order valence-electron chi connectivity index (χ0n) is 14.2. The summed E-state index contributed by atoms with van der Waals surface area (Å²) in [6, 6.07) is 14.4. The van der Waals surface area contributed by atoms with E-state index in [-0.39, 0.29) is 12.1 Å². The number of urea groups is 2. The predicted molar refractivity (Wildman–Crippen MR) is 102 cm³/mol. The van der Waals surface area contributed by atoms with Gasteiger partial charge < -0.3 is 10.6 Å². The highest BCUT2D eigenvalue weighted by molar-refractivity contribution is 5.94. The fourth-order valence-corrected chi connectivity index (χ4v) is 2.19. The highest BCUT2D eigenvalue weighted by Crippen LogP contribution is 2.16. The molecule has 0 aromatic heterocycles. The molecule has 2 aromatic carbocycles. The van der Waals surface area contributed by atoms with E-state index in [0.29, 0.717) is 11.4 Å². The molecule has 128 valence electrons. The first kappa shape index (κ1) is 18.1. The van der Waals surface area contributed by atoms with Crippen LogP contribution in [0.2, 0.25) is 0 Å². The van der Waals surface area contributed by atoms with Gasteiger partial charge in [0.1, 0.15) is 0 Å². The summed E-state index contributed by atoms with van der Waals surface area (Å²) >= 11 is 0. The summed E-state index contributed by atoms with van der Waals surface area (Å²) in [5.74, 6) is 0. The summed E-state index contributed by atoms with van der Waals surface area (Å²) in [6.07, 6.45) is 3.65. The first-order chi connectivity index (χ1) is 12.1. The Balaban J connectivity index is 1.95. The average molecular weight is 336 g/mol. The SMILES string of the molecule is C/C=N/C(=O)Nc1ccc(Cc2ccc(NC(=O)/N=C/C)cc2)cc1. The zero-order chi connectivity index (χ0) is 18.1. The van der Waals surface area contributed by atoms with Crippen LogP contribution in [0.4, 0.5) is 21.0 Å². The van der Waals surface area contributed by atoms with Crippen molar-refractivity contribution in [1.82, 2.24) is 0 Å². The van der Waals surface area contributed by atoms with E-state index in [9.17, 15) is 9.59 Å². The summed E-state index contributed by atoms with van der Waals surface area (Å²) in [6.45, 7) is 3.38. The van der Waals surface area contributed by atoms with E-state index in [2.05, 4.69) is 20.6 Å². The Kier molecular flexibility index (Phi) is 6.59. The van der Waals surface area contributed by atoms with Crippen LogP contribution in [0, 0.1) is 0 Å². The number of hydrogen-bond donors (Lipinski definition) is 2. The van der Waals surface area contributed by atoms with E-state index in [1.165, 1.54) is 12.4 Å². The van der Waals surface area contributed by atoms with E-state index < -0.39 is 0 Å². The van der Waals surface area contributed by atoms with Gasteiger partial charge in [0.2, 0.25) is 0 Å². The molecule has 0 unspecified atom stereocenters. The van der Waals surface area contributed by atoms with Crippen LogP contribution in [0.25, 0.3) is 0 Å². The Hall–Kier alpha value is -3.28. The lowest BCUT2D eigenvalue weighted by Crippen LogP contribution is -2.06. The van der Waals surface area contributed by atoms with Gasteiger partial charge in [0, 0.05) is 23.8 Å². The lowest BCUT2D eigenvalue weighted by Gasteiger charge is -2.06. The number of rotatable bonds is 4. The van der Waals surface area contributed by atoms with Crippen molar-refractivity contribution in [1.29, 1.82) is 0 Å². The number of carbonyl (C=O) groups excluding carboxylic acids is 2. The smallest absolute Gasteiger partial charge is 0.306 e. The molecule has 0 heterocycles. The first-order valence-corrected chi connectivity index (χ1v) is 7.88. The number of nitrogens with one attached hydrogen (secondary N) is 2. The largest absolute Gasteiger partial charge is 0.345 e. The Labute approximate surface area is 146 Å². The van der Waals surface area contributed by atoms with Crippen LogP contribution < -0.4 is 10.6 Å². The van der Waals surface area contributed by atoms with Crippen molar-refractivity contribution in [3.8, 4) is 0 Å². The molecule has 0 saturated carbocycles. The molecule has 0 bridgehead atoms. The van der Waals surface area contributed by atoms with Crippen molar-refractivity contribution in [3.05, 3.63) is 59.7 Å². The number of hydrogen-bond acceptors (Lipinski definition) is 2. The van der Waals surface area contributed by atoms with Gasteiger partial charge in [-0.05, 0) is 55.7 Å². The second-order valence-corrected chi connectivity index (χ2v) is 5.21. The third-order valence-electron chi connectivity index (χ3n) is 3.31. The van der Waals surface area contributed by atoms with Crippen molar-refractivity contribution in [2.24, 2.45) is 9.98 Å². The molecule has 6 heteroatoms. The van der Waals surface area contributed by atoms with Crippen molar-refractivity contribution in [3.63, 3.8) is 0 Å². The number of anilines is 2. The van der Waals surface area contributed by atoms with Crippen LogP contribution in [0.15, 0.2) is 58.5 Å². The van der Waals surface area contributed by atoms with Crippen molar-refractivity contribution >= 4 is 35.9 Å². The summed E-state index contributed by atoms with van der Waals surface area (Å²) in [7, 11) is 0. The molecular weight excluding hydrogens is 316 g/mol. The molecule has 2 aromatic rings. The van der Waals surface area contributed by atoms with Gasteiger partial charge in [-0.1, -0.05) is 24.3 Å². The number of nitrogens with zero attached hydrogens (tertiary/aromatic N) is 2. The highest BCUT2D eigenvalue weighted by atomic mass is 16.2. The van der Waals surface area contributed by atoms with E-state index in [4.69, 9.17) is 0 Å². The molecule has 4 amide bonds. The van der Waals surface area contributed by atoms with Crippen LogP contribution in [-0.2, 0) is 6.42 Å². The molecule has 2 N–H and O–H groups in total. The van der Waals surface area contributed by atoms with Gasteiger partial charge in [0.05, 0.1) is 0 Å². The van der Waals surface area contributed by atoms with Gasteiger partial charge in [-0.15, -0.1) is 0 Å². The second-order valence-electron chi connectivity index (χ2n) is 5.21. The predicted octanol–water partition coefficient (Wildman–Crippen LogP) is 4.52. The van der Waals surface area contributed by atoms with E-state index in [0.717, 1.165) is 17.5 Å². The average Bonchev–Trinajstić information content (AvgIpc) is 2.59. The van der Waals surface area contributed by atoms with Crippen LogP contribution in [0.1, 0.15) is 25.0 Å². The molecule has 25 heavy (non-hydrogen) atoms. The summed E-state index contributed by atoms with van der Waals surface area (Å²) < 4.78 is 0. The molecule has 0 atom stereocenters. The molecular formula is C19H20N4O2. The molecule has 0 saturated heterocycles. The zero-order valence-corrected chi connectivity index (χ0v) is 14.2. The number of benzene rings is 2. The topological polar surface area (TPSA) is 82.9 Å². The summed E-state index contributed by atoms with van der Waals surface area (Å²) in [4.78, 5) is 30.1. The minimum Gasteiger partial charge on any atom is -0.306 e. The maximum Gasteiger partial charge on any atom is 0.345 e. The standard InChI is InChI=1S/C19H20N4O2/c1-3-20-18(24)22-16-9-5-14(6-10-16)13-15-7-11-17(12-8-15)23-19(25)21-4-2/h3-12H,13H2,1-2H3,(H,22,24)(H,23,25)/b20-3+,21-4+. The van der Waals surface area contributed by atoms with Crippen LogP contribution in [-0.4, -0.2) is 24.5 Å². The molecule has 0 aliphatic heterocycles. The maximum absolute atomic E-state index is 11.4. The van der Waals surface area contributed by atoms with Gasteiger partial charge in [-0.3, -0.25) is 0 Å². The highest BCUT2D eigenvalue weighted by Gasteiger charge is 2.02. The van der Waals surface area contributed by atoms with Gasteiger partial charge in [0.25, 0.3) is 0 Å². The Morgan fingerprint density at radius 1 is 0.760 bits per heavy atom. The normalized spacial score (nSPS) is 11.0. The third-order valence-corrected chi connectivity index (χ3v) is 3.31. The van der Waals surface area contributed by atoms with Crippen molar-refractivity contribution in [2.75, 3.05) is 10.6 Å². The van der Waals surface area contributed by atoms with Crippen molar-refractivity contribution < 1.29 is 9.59 Å². The minimum absolute atomic E-state index is 0.389. The molecule has 0 radical (unpaired) electrons. The van der Waals surface area contributed by atoms with Crippen molar-refractivity contribution in [2.45, 2.75) is 20.3 Å². The second kappa shape index (κ2) is 9.12. The third kappa shape index (κ3) is 6.02. The van der Waals surface area contributed by atoms with E-state index in [1.54, 1.807) is 13.8 Å². The van der Waals surface area contributed by atoms with Gasteiger partial charge >= 0.3 is 12.1 Å². The Morgan fingerprint density at radius 3 is 1.44 bits per heavy atom. The van der Waals surface area contributed by atoms with Gasteiger partial charge in [-0.2, -0.15) is 0 Å². The van der Waals surface area contributed by atoms with Crippen LogP contribution in [0.5, 0.6) is 0 Å². The lowest BCUT2D eigenvalue weighted by molar-refractivity contribution is 0.259. The maximum atomic E-state index is 11.4. The quantitative estimate of drug-likeness (QED) is 0.805. The lowest BCUT2D eigenvalue weighted by atomic mass is 10.0. The number of amides is 4. The van der Waals surface area contributed by atoms with E-state index >= 15 is 0 Å². The van der Waals surface area contributed by atoms with Crippen LogP contribution in [0.3, 0.4) is 0 Å². The van der Waals surface area contributed by atoms with Gasteiger partial charge in [-0.25, -0.2) is 19.6 Å². The van der Waals surface area contributed by atoms with E-state index in [1.807, 2.05) is 48.5 Å². The monoisotopic (exact) mass is 336 g/mol. The Morgan fingerprint density at radius 2 is 1.12 bits per heavy atom. The number of carbonyl (C=O) groups is 2. The van der Waals surface area contributed by atoms with Gasteiger partial charge in [0.15, 0.2) is 0 Å². The molecule has 0 aliphatic rings. The minimum atomic E-state index is -0.389. The fraction of sp³-hybridized carbons (Fsp3) is 0.158. The van der Waals surface area contributed by atoms with Crippen LogP contribution >= 0.6 is 0 Å². The first-order valence-electron chi connectivity index (χ1n) is 7.88.